The molecule has 13 heteroatoms. The van der Waals surface area contributed by atoms with E-state index < -0.39 is 30.0 Å². The van der Waals surface area contributed by atoms with E-state index >= 15 is 4.39 Å². The number of fused-ring (bicyclic) bond motifs is 2. The van der Waals surface area contributed by atoms with Crippen LogP contribution in [0, 0.1) is 28.8 Å². The van der Waals surface area contributed by atoms with E-state index in [1.54, 1.807) is 22.8 Å². The van der Waals surface area contributed by atoms with Gasteiger partial charge in [0.25, 0.3) is 0 Å². The fourth-order valence-corrected chi connectivity index (χ4v) is 5.53. The zero-order valence-corrected chi connectivity index (χ0v) is 23.8. The molecule has 0 unspecified atom stereocenters. The minimum absolute atomic E-state index is 0.0252. The second kappa shape index (κ2) is 11.8. The first-order valence-corrected chi connectivity index (χ1v) is 13.9. The van der Waals surface area contributed by atoms with Crippen molar-refractivity contribution in [2.24, 2.45) is 0 Å². The van der Waals surface area contributed by atoms with Crippen molar-refractivity contribution in [2.45, 2.75) is 45.2 Å². The van der Waals surface area contributed by atoms with Crippen molar-refractivity contribution in [3.8, 4) is 11.9 Å². The van der Waals surface area contributed by atoms with Crippen molar-refractivity contribution in [3.05, 3.63) is 86.6 Å². The number of benzene rings is 2. The molecule has 0 radical (unpaired) electrons. The zero-order chi connectivity index (χ0) is 30.2. The molecule has 222 valence electrons. The molecule has 2 aromatic carbocycles. The molecule has 43 heavy (non-hydrogen) atoms. The summed E-state index contributed by atoms with van der Waals surface area (Å²) in [5.41, 5.74) is 1.58. The van der Waals surface area contributed by atoms with Crippen LogP contribution in [-0.4, -0.2) is 51.8 Å². The number of methoxy groups -OCH3 is 1. The van der Waals surface area contributed by atoms with Crippen molar-refractivity contribution in [2.75, 3.05) is 20.3 Å². The Morgan fingerprint density at radius 3 is 2.65 bits per heavy atom. The third kappa shape index (κ3) is 5.63. The number of imidazole rings is 1. The van der Waals surface area contributed by atoms with E-state index in [1.807, 2.05) is 0 Å². The van der Waals surface area contributed by atoms with Gasteiger partial charge in [0, 0.05) is 19.7 Å². The van der Waals surface area contributed by atoms with Gasteiger partial charge in [0.2, 0.25) is 5.88 Å². The van der Waals surface area contributed by atoms with Gasteiger partial charge in [-0.2, -0.15) is 5.26 Å². The second-order valence-electron chi connectivity index (χ2n) is 10.4. The smallest absolute Gasteiger partial charge is 0.340 e. The normalized spacial score (nSPS) is 16.4. The number of nitriles is 1. The molecular weight excluding hydrogens is 587 g/mol. The first-order valence-electron chi connectivity index (χ1n) is 13.5. The highest BCUT2D eigenvalue weighted by atomic mass is 35.5. The number of pyridine rings is 1. The van der Waals surface area contributed by atoms with Crippen LogP contribution < -0.4 is 4.74 Å². The number of ether oxygens (including phenoxy) is 3. The molecule has 6 rings (SSSR count). The van der Waals surface area contributed by atoms with Crippen molar-refractivity contribution >= 4 is 28.6 Å². The summed E-state index contributed by atoms with van der Waals surface area (Å²) in [6.45, 7) is 1.94. The van der Waals surface area contributed by atoms with E-state index in [-0.39, 0.29) is 39.2 Å². The summed E-state index contributed by atoms with van der Waals surface area (Å²) in [7, 11) is 1.20. The molecule has 4 aromatic rings. The summed E-state index contributed by atoms with van der Waals surface area (Å²) in [6.07, 6.45) is 1.36. The van der Waals surface area contributed by atoms with Gasteiger partial charge in [-0.15, -0.1) is 0 Å². The quantitative estimate of drug-likeness (QED) is 0.254. The lowest BCUT2D eigenvalue weighted by atomic mass is 10.1. The minimum atomic E-state index is -0.901. The van der Waals surface area contributed by atoms with Crippen LogP contribution in [0.5, 0.6) is 5.88 Å². The molecule has 0 aliphatic carbocycles. The fraction of sp³-hybridized carbons (Fsp3) is 0.333. The van der Waals surface area contributed by atoms with Gasteiger partial charge in [-0.25, -0.2) is 27.9 Å². The lowest BCUT2D eigenvalue weighted by Crippen LogP contribution is -2.34. The summed E-state index contributed by atoms with van der Waals surface area (Å²) >= 11 is 6.39. The Bertz CT molecular complexity index is 1760. The van der Waals surface area contributed by atoms with Crippen molar-refractivity contribution in [3.63, 3.8) is 0 Å². The second-order valence-corrected chi connectivity index (χ2v) is 10.8. The molecule has 2 aliphatic rings. The van der Waals surface area contributed by atoms with E-state index in [1.165, 1.54) is 13.2 Å². The first-order chi connectivity index (χ1) is 20.7. The Morgan fingerprint density at radius 2 is 1.98 bits per heavy atom. The Kier molecular flexibility index (Phi) is 7.96. The molecule has 1 fully saturated rings. The van der Waals surface area contributed by atoms with Gasteiger partial charge in [-0.05, 0) is 48.7 Å². The minimum Gasteiger partial charge on any atom is -0.472 e. The predicted molar refractivity (Wildman–Crippen MR) is 148 cm³/mol. The molecule has 2 aliphatic heterocycles. The third-order valence-electron chi connectivity index (χ3n) is 7.68. The van der Waals surface area contributed by atoms with Crippen LogP contribution in [0.4, 0.5) is 13.2 Å². The maximum absolute atomic E-state index is 15.6. The van der Waals surface area contributed by atoms with Gasteiger partial charge in [-0.1, -0.05) is 11.6 Å². The number of nitrogens with zero attached hydrogens (tertiary/aromatic N) is 5. The molecular formula is C30H25ClF3N5O4. The summed E-state index contributed by atoms with van der Waals surface area (Å²) in [5.74, 6) is -2.64. The number of hydrogen-bond donors (Lipinski definition) is 0. The fourth-order valence-electron chi connectivity index (χ4n) is 5.30. The highest BCUT2D eigenvalue weighted by molar-refractivity contribution is 6.31. The Balaban J connectivity index is 1.25. The van der Waals surface area contributed by atoms with Crippen LogP contribution in [0.15, 0.2) is 30.3 Å². The number of aromatic nitrogens is 3. The Morgan fingerprint density at radius 1 is 1.21 bits per heavy atom. The molecule has 0 amide bonds. The lowest BCUT2D eigenvalue weighted by Gasteiger charge is -2.30. The number of carbonyl (C=O) groups excluding carboxylic acids is 1. The van der Waals surface area contributed by atoms with E-state index in [2.05, 4.69) is 9.88 Å². The van der Waals surface area contributed by atoms with Gasteiger partial charge in [0.1, 0.15) is 34.6 Å². The predicted octanol–water partition coefficient (Wildman–Crippen LogP) is 5.09. The molecule has 0 saturated carbocycles. The number of rotatable bonds is 8. The molecule has 0 bridgehead atoms. The highest BCUT2D eigenvalue weighted by Crippen LogP contribution is 2.31. The molecule has 0 spiro atoms. The molecule has 0 N–H and O–H groups in total. The monoisotopic (exact) mass is 611 g/mol. The van der Waals surface area contributed by atoms with E-state index in [0.717, 1.165) is 24.1 Å². The molecule has 2 aromatic heterocycles. The molecule has 9 nitrogen and oxygen atoms in total. The summed E-state index contributed by atoms with van der Waals surface area (Å²) in [4.78, 5) is 23.5. The maximum atomic E-state index is 15.6. The van der Waals surface area contributed by atoms with Gasteiger partial charge in [0.05, 0.1) is 60.3 Å². The maximum Gasteiger partial charge on any atom is 0.340 e. The molecule has 4 heterocycles. The van der Waals surface area contributed by atoms with Crippen molar-refractivity contribution in [1.29, 1.82) is 5.26 Å². The Labute approximate surface area is 249 Å². The van der Waals surface area contributed by atoms with Crippen molar-refractivity contribution in [1.82, 2.24) is 19.4 Å². The van der Waals surface area contributed by atoms with Crippen LogP contribution in [0.1, 0.15) is 45.0 Å². The number of hydrogen-bond acceptors (Lipinski definition) is 8. The topological polar surface area (TPSA) is 102 Å². The number of carbonyl (C=O) groups is 1. The Hall–Kier alpha value is -4.18. The highest BCUT2D eigenvalue weighted by Gasteiger charge is 2.28. The average molecular weight is 612 g/mol. The van der Waals surface area contributed by atoms with Gasteiger partial charge in [0.15, 0.2) is 5.82 Å². The largest absolute Gasteiger partial charge is 0.472 e. The summed E-state index contributed by atoms with van der Waals surface area (Å²) < 4.78 is 62.0. The van der Waals surface area contributed by atoms with Gasteiger partial charge in [-0.3, -0.25) is 4.90 Å². The van der Waals surface area contributed by atoms with Crippen LogP contribution in [-0.2, 0) is 42.1 Å². The summed E-state index contributed by atoms with van der Waals surface area (Å²) in [5, 5.41) is 9.12. The number of esters is 1. The van der Waals surface area contributed by atoms with Gasteiger partial charge >= 0.3 is 5.97 Å². The first kappa shape index (κ1) is 28.9. The van der Waals surface area contributed by atoms with E-state index in [9.17, 15) is 13.6 Å². The summed E-state index contributed by atoms with van der Waals surface area (Å²) in [6, 6.07) is 8.28. The molecule has 1 saturated heterocycles. The van der Waals surface area contributed by atoms with Crippen LogP contribution in [0.25, 0.3) is 11.0 Å². The standard InChI is InChI=1S/C30H25ClF3N5O4/c1-41-30(40)19-2-3-24-28(27(19)34)39(12-18-5-7-42-18)26(36-24)14-38-6-4-17-10-21(31)29(37-25(17)13-38)43-15-20-22(32)8-16(11-35)9-23(20)33/h2-3,8-10,18H,4-7,12-15H2,1H3/t18-/m0/s1. The third-order valence-corrected chi connectivity index (χ3v) is 7.95. The van der Waals surface area contributed by atoms with Gasteiger partial charge < -0.3 is 18.8 Å². The van der Waals surface area contributed by atoms with Crippen molar-refractivity contribution < 1.29 is 32.2 Å². The zero-order valence-electron chi connectivity index (χ0n) is 23.0. The average Bonchev–Trinajstić information content (AvgIpc) is 3.31. The van der Waals surface area contributed by atoms with Crippen LogP contribution >= 0.6 is 11.6 Å². The lowest BCUT2D eigenvalue weighted by molar-refractivity contribution is -0.0592. The van der Waals surface area contributed by atoms with E-state index in [4.69, 9.17) is 36.1 Å². The van der Waals surface area contributed by atoms with Crippen LogP contribution in [0.3, 0.4) is 0 Å². The molecule has 1 atom stereocenters. The SMILES string of the molecule is COC(=O)c1ccc2nc(CN3CCc4cc(Cl)c(OCc5c(F)cc(C#N)cc5F)nc4C3)n(C[C@@H]3CCO3)c2c1F. The van der Waals surface area contributed by atoms with E-state index in [0.29, 0.717) is 56.2 Å². The van der Waals surface area contributed by atoms with Crippen LogP contribution in [0.2, 0.25) is 5.02 Å². The number of halogens is 4.